The maximum atomic E-state index is 12.3. The van der Waals surface area contributed by atoms with Crippen molar-refractivity contribution in [3.63, 3.8) is 0 Å². The predicted octanol–water partition coefficient (Wildman–Crippen LogP) is 5.08. The van der Waals surface area contributed by atoms with Gasteiger partial charge in [0.1, 0.15) is 0 Å². The van der Waals surface area contributed by atoms with Crippen molar-refractivity contribution < 1.29 is 4.79 Å². The molecule has 0 bridgehead atoms. The highest BCUT2D eigenvalue weighted by molar-refractivity contribution is 7.10. The van der Waals surface area contributed by atoms with Crippen LogP contribution in [0.2, 0.25) is 0 Å². The van der Waals surface area contributed by atoms with Crippen LogP contribution in [0.3, 0.4) is 0 Å². The topological polar surface area (TPSA) is 41.1 Å². The fourth-order valence-corrected chi connectivity index (χ4v) is 3.11. The predicted molar refractivity (Wildman–Crippen MR) is 98.6 cm³/mol. The molecule has 0 aliphatic rings. The number of nitrogens with one attached hydrogen (secondary N) is 2. The maximum absolute atomic E-state index is 12.3. The van der Waals surface area contributed by atoms with Gasteiger partial charge in [0.25, 0.3) is 0 Å². The Morgan fingerprint density at radius 1 is 1.26 bits per heavy atom. The minimum Gasteiger partial charge on any atom is -0.331 e. The first-order chi connectivity index (χ1) is 10.8. The lowest BCUT2D eigenvalue weighted by Gasteiger charge is -2.28. The molecule has 3 nitrogen and oxygen atoms in total. The Labute approximate surface area is 142 Å². The molecule has 2 aromatic rings. The molecule has 1 heterocycles. The smallest absolute Gasteiger partial charge is 0.315 e. The van der Waals surface area contributed by atoms with Crippen LogP contribution >= 0.6 is 11.3 Å². The molecule has 2 N–H and O–H groups in total. The van der Waals surface area contributed by atoms with Crippen molar-refractivity contribution in [3.05, 3.63) is 64.4 Å². The average Bonchev–Trinajstić information content (AvgIpc) is 3.01. The van der Waals surface area contributed by atoms with Crippen molar-refractivity contribution in [2.24, 2.45) is 0 Å². The summed E-state index contributed by atoms with van der Waals surface area (Å²) in [6, 6.07) is 12.0. The number of carbonyl (C=O) groups excluding carboxylic acids is 1. The molecule has 2 rings (SSSR count). The van der Waals surface area contributed by atoms with Gasteiger partial charge in [0.05, 0.1) is 11.6 Å². The van der Waals surface area contributed by atoms with Crippen LogP contribution in [0.1, 0.15) is 49.7 Å². The molecule has 0 spiro atoms. The lowest BCUT2D eigenvalue weighted by atomic mass is 9.92. The number of urea groups is 1. The summed E-state index contributed by atoms with van der Waals surface area (Å²) >= 11 is 1.64. The van der Waals surface area contributed by atoms with Gasteiger partial charge in [-0.2, -0.15) is 0 Å². The Morgan fingerprint density at radius 3 is 2.61 bits per heavy atom. The number of rotatable bonds is 5. The molecule has 0 saturated carbocycles. The number of amides is 2. The summed E-state index contributed by atoms with van der Waals surface area (Å²) < 4.78 is 0. The highest BCUT2D eigenvalue weighted by atomic mass is 32.1. The van der Waals surface area contributed by atoms with Crippen LogP contribution in [0.15, 0.2) is 48.4 Å². The number of carbonyl (C=O) groups is 1. The first kappa shape index (κ1) is 17.3. The number of benzene rings is 1. The van der Waals surface area contributed by atoms with E-state index >= 15 is 0 Å². The van der Waals surface area contributed by atoms with Crippen molar-refractivity contribution in [2.45, 2.75) is 39.3 Å². The normalized spacial score (nSPS) is 12.5. The Kier molecular flexibility index (Phi) is 5.26. The van der Waals surface area contributed by atoms with Crippen molar-refractivity contribution >= 4 is 22.9 Å². The summed E-state index contributed by atoms with van der Waals surface area (Å²) in [5.41, 5.74) is 2.69. The van der Waals surface area contributed by atoms with Gasteiger partial charge in [-0.15, -0.1) is 11.3 Å². The van der Waals surface area contributed by atoms with Gasteiger partial charge < -0.3 is 10.6 Å². The zero-order valence-electron chi connectivity index (χ0n) is 14.1. The summed E-state index contributed by atoms with van der Waals surface area (Å²) in [6.45, 7) is 11.9. The van der Waals surface area contributed by atoms with Gasteiger partial charge in [0.2, 0.25) is 0 Å². The van der Waals surface area contributed by atoms with Crippen LogP contribution in [0.5, 0.6) is 0 Å². The minimum absolute atomic E-state index is 0.00689. The second-order valence-electron chi connectivity index (χ2n) is 6.32. The van der Waals surface area contributed by atoms with E-state index in [1.165, 1.54) is 0 Å². The quantitative estimate of drug-likeness (QED) is 0.790. The van der Waals surface area contributed by atoms with Gasteiger partial charge in [-0.3, -0.25) is 0 Å². The lowest BCUT2D eigenvalue weighted by Crippen LogP contribution is -2.47. The molecule has 0 saturated heterocycles. The van der Waals surface area contributed by atoms with Gasteiger partial charge in [-0.1, -0.05) is 36.4 Å². The molecule has 0 radical (unpaired) electrons. The van der Waals surface area contributed by atoms with E-state index < -0.39 is 5.54 Å². The third-order valence-electron chi connectivity index (χ3n) is 3.82. The molecule has 1 unspecified atom stereocenters. The lowest BCUT2D eigenvalue weighted by molar-refractivity contribution is 0.227. The van der Waals surface area contributed by atoms with Crippen LogP contribution in [0.25, 0.3) is 5.57 Å². The third-order valence-corrected chi connectivity index (χ3v) is 4.88. The number of hydrogen-bond acceptors (Lipinski definition) is 2. The molecule has 0 fully saturated rings. The Hall–Kier alpha value is -2.07. The monoisotopic (exact) mass is 328 g/mol. The van der Waals surface area contributed by atoms with Crippen LogP contribution in [-0.4, -0.2) is 6.03 Å². The molecule has 0 aliphatic heterocycles. The average molecular weight is 328 g/mol. The molecule has 1 aromatic carbocycles. The summed E-state index contributed by atoms with van der Waals surface area (Å²) in [5.74, 6) is 0. The first-order valence-electron chi connectivity index (χ1n) is 7.68. The van der Waals surface area contributed by atoms with E-state index in [4.69, 9.17) is 0 Å². The molecule has 2 amide bonds. The van der Waals surface area contributed by atoms with E-state index in [1.807, 2.05) is 63.4 Å². The number of thiophene rings is 1. The Balaban J connectivity index is 2.06. The molecular weight excluding hydrogens is 304 g/mol. The molecule has 1 aromatic heterocycles. The van der Waals surface area contributed by atoms with Crippen molar-refractivity contribution in [1.82, 2.24) is 10.6 Å². The second-order valence-corrected chi connectivity index (χ2v) is 7.30. The van der Waals surface area contributed by atoms with Gasteiger partial charge in [0, 0.05) is 4.88 Å². The Bertz CT molecular complexity index is 689. The van der Waals surface area contributed by atoms with Gasteiger partial charge >= 0.3 is 6.03 Å². The summed E-state index contributed by atoms with van der Waals surface area (Å²) in [5, 5.41) is 8.06. The van der Waals surface area contributed by atoms with Gasteiger partial charge in [-0.05, 0) is 56.3 Å². The first-order valence-corrected chi connectivity index (χ1v) is 8.56. The Morgan fingerprint density at radius 2 is 2.00 bits per heavy atom. The van der Waals surface area contributed by atoms with Gasteiger partial charge in [-0.25, -0.2) is 4.79 Å². The third kappa shape index (κ3) is 4.45. The van der Waals surface area contributed by atoms with Gasteiger partial charge in [0.15, 0.2) is 0 Å². The molecule has 1 atom stereocenters. The largest absolute Gasteiger partial charge is 0.331 e. The zero-order chi connectivity index (χ0) is 17.0. The fourth-order valence-electron chi connectivity index (χ4n) is 2.37. The minimum atomic E-state index is -0.468. The number of allylic oxidation sites excluding steroid dienone is 1. The molecule has 0 aliphatic carbocycles. The molecule has 4 heteroatoms. The molecule has 122 valence electrons. The van der Waals surface area contributed by atoms with Crippen molar-refractivity contribution in [3.8, 4) is 0 Å². The van der Waals surface area contributed by atoms with Crippen LogP contribution < -0.4 is 10.6 Å². The highest BCUT2D eigenvalue weighted by Gasteiger charge is 2.24. The van der Waals surface area contributed by atoms with E-state index in [0.717, 1.165) is 21.6 Å². The summed E-state index contributed by atoms with van der Waals surface area (Å²) in [4.78, 5) is 13.5. The standard InChI is InChI=1S/C19H24N2OS/c1-13(2)15-8-6-9-16(12-15)19(4,5)21-18(22)20-14(3)17-10-7-11-23-17/h6-12,14H,1H2,2-5H3,(H2,20,21,22). The summed E-state index contributed by atoms with van der Waals surface area (Å²) in [6.07, 6.45) is 0. The molecule has 23 heavy (non-hydrogen) atoms. The highest BCUT2D eigenvalue weighted by Crippen LogP contribution is 2.24. The van der Waals surface area contributed by atoms with Crippen molar-refractivity contribution in [1.29, 1.82) is 0 Å². The fraction of sp³-hybridized carbons (Fsp3) is 0.316. The van der Waals surface area contributed by atoms with Crippen molar-refractivity contribution in [2.75, 3.05) is 0 Å². The number of hydrogen-bond donors (Lipinski definition) is 2. The van der Waals surface area contributed by atoms with E-state index in [-0.39, 0.29) is 12.1 Å². The van der Waals surface area contributed by atoms with E-state index in [9.17, 15) is 4.79 Å². The van der Waals surface area contributed by atoms with E-state index in [2.05, 4.69) is 23.3 Å². The second kappa shape index (κ2) is 7.01. The molecular formula is C19H24N2OS. The zero-order valence-corrected chi connectivity index (χ0v) is 15.0. The van der Waals surface area contributed by atoms with Crippen LogP contribution in [-0.2, 0) is 5.54 Å². The SMILES string of the molecule is C=C(C)c1cccc(C(C)(C)NC(=O)NC(C)c2cccs2)c1. The summed E-state index contributed by atoms with van der Waals surface area (Å²) in [7, 11) is 0. The van der Waals surface area contributed by atoms with Crippen LogP contribution in [0, 0.1) is 0 Å². The van der Waals surface area contributed by atoms with E-state index in [1.54, 1.807) is 11.3 Å². The van der Waals surface area contributed by atoms with E-state index in [0.29, 0.717) is 0 Å². The van der Waals surface area contributed by atoms with Crippen LogP contribution in [0.4, 0.5) is 4.79 Å². The maximum Gasteiger partial charge on any atom is 0.315 e.